The fraction of sp³-hybridized carbons (Fsp3) is 0.118. The Morgan fingerprint density at radius 1 is 1.13 bits per heavy atom. The molecule has 6 nitrogen and oxygen atoms in total. The third-order valence-corrected chi connectivity index (χ3v) is 3.39. The second-order valence-corrected chi connectivity index (χ2v) is 5.19. The number of nitrogens with one attached hydrogen (secondary N) is 2. The lowest BCUT2D eigenvalue weighted by Gasteiger charge is -2.08. The zero-order chi connectivity index (χ0) is 16.2. The van der Waals surface area contributed by atoms with Crippen LogP contribution in [0.25, 0.3) is 11.0 Å². The summed E-state index contributed by atoms with van der Waals surface area (Å²) in [5.41, 5.74) is 5.80. The van der Waals surface area contributed by atoms with Gasteiger partial charge in [0, 0.05) is 5.56 Å². The van der Waals surface area contributed by atoms with Crippen molar-refractivity contribution in [3.8, 4) is 0 Å². The number of amides is 2. The molecular weight excluding hydrogens is 292 g/mol. The molecule has 23 heavy (non-hydrogen) atoms. The molecule has 1 heterocycles. The number of benzene rings is 2. The number of carbonyl (C=O) groups excluding carboxylic acids is 2. The molecule has 0 saturated heterocycles. The number of nitrogens with zero attached hydrogens (tertiary/aromatic N) is 2. The van der Waals surface area contributed by atoms with E-state index in [-0.39, 0.29) is 18.4 Å². The largest absolute Gasteiger partial charge is 0.343 e. The van der Waals surface area contributed by atoms with Gasteiger partial charge in [-0.1, -0.05) is 29.8 Å². The summed E-state index contributed by atoms with van der Waals surface area (Å²) >= 11 is 0. The van der Waals surface area contributed by atoms with Crippen LogP contribution in [0.15, 0.2) is 54.9 Å². The van der Waals surface area contributed by atoms with Crippen molar-refractivity contribution >= 4 is 22.8 Å². The number of fused-ring (bicyclic) bond motifs is 1. The Morgan fingerprint density at radius 3 is 2.78 bits per heavy atom. The Bertz CT molecular complexity index is 870. The third-order valence-electron chi connectivity index (χ3n) is 3.39. The zero-order valence-corrected chi connectivity index (χ0v) is 12.6. The summed E-state index contributed by atoms with van der Waals surface area (Å²) in [6.45, 7) is 1.80. The fourth-order valence-electron chi connectivity index (χ4n) is 2.27. The van der Waals surface area contributed by atoms with Crippen LogP contribution in [0.4, 0.5) is 0 Å². The Labute approximate surface area is 133 Å². The van der Waals surface area contributed by atoms with E-state index in [1.54, 1.807) is 12.1 Å². The topological polar surface area (TPSA) is 76.0 Å². The first-order chi connectivity index (χ1) is 11.1. The van der Waals surface area contributed by atoms with Crippen LogP contribution in [-0.4, -0.2) is 28.0 Å². The van der Waals surface area contributed by atoms with Crippen molar-refractivity contribution in [3.63, 3.8) is 0 Å². The summed E-state index contributed by atoms with van der Waals surface area (Å²) in [5.74, 6) is -0.603. The maximum Gasteiger partial charge on any atom is 0.258 e. The smallest absolute Gasteiger partial charge is 0.258 e. The van der Waals surface area contributed by atoms with Crippen LogP contribution >= 0.6 is 0 Å². The van der Waals surface area contributed by atoms with Gasteiger partial charge >= 0.3 is 0 Å². The number of aryl methyl sites for hydroxylation is 1. The van der Waals surface area contributed by atoms with Crippen molar-refractivity contribution in [2.75, 3.05) is 12.0 Å². The number of hydrogen-bond donors (Lipinski definition) is 2. The first-order valence-electron chi connectivity index (χ1n) is 7.20. The number of carbonyl (C=O) groups is 2. The molecule has 2 amide bonds. The molecular formula is C17H16N4O2. The predicted octanol–water partition coefficient (Wildman–Crippen LogP) is 1.84. The monoisotopic (exact) mass is 308 g/mol. The minimum Gasteiger partial charge on any atom is -0.343 e. The maximum absolute atomic E-state index is 12.0. The molecule has 0 aliphatic rings. The molecule has 0 radical (unpaired) electrons. The summed E-state index contributed by atoms with van der Waals surface area (Å²) in [6.07, 6.45) is 1.53. The van der Waals surface area contributed by atoms with Crippen LogP contribution in [0.5, 0.6) is 0 Å². The highest BCUT2D eigenvalue weighted by Crippen LogP contribution is 2.09. The Morgan fingerprint density at radius 2 is 1.96 bits per heavy atom. The van der Waals surface area contributed by atoms with Crippen LogP contribution in [0.3, 0.4) is 0 Å². The Kier molecular flexibility index (Phi) is 4.05. The summed E-state index contributed by atoms with van der Waals surface area (Å²) in [7, 11) is 0. The zero-order valence-electron chi connectivity index (χ0n) is 12.6. The molecule has 0 bridgehead atoms. The van der Waals surface area contributed by atoms with Crippen molar-refractivity contribution < 1.29 is 9.59 Å². The van der Waals surface area contributed by atoms with Gasteiger partial charge < -0.3 is 5.32 Å². The standard InChI is InChI=1S/C17H16N4O2/c1-12-5-4-6-13(9-12)17(23)18-10-16(22)20-21-11-19-14-7-2-3-8-15(14)21/h2-9,11H,10H2,1H3,(H,18,23)(H,20,22). The molecule has 116 valence electrons. The number of para-hydroxylation sites is 2. The van der Waals surface area contributed by atoms with E-state index in [0.29, 0.717) is 5.56 Å². The number of rotatable bonds is 4. The van der Waals surface area contributed by atoms with E-state index in [2.05, 4.69) is 15.7 Å². The van der Waals surface area contributed by atoms with Crippen molar-refractivity contribution in [1.82, 2.24) is 15.0 Å². The van der Waals surface area contributed by atoms with Gasteiger partial charge in [0.2, 0.25) is 0 Å². The molecule has 2 N–H and O–H groups in total. The molecule has 0 unspecified atom stereocenters. The SMILES string of the molecule is Cc1cccc(C(=O)NCC(=O)Nn2cnc3ccccc32)c1. The predicted molar refractivity (Wildman–Crippen MR) is 87.6 cm³/mol. The highest BCUT2D eigenvalue weighted by molar-refractivity contribution is 5.98. The van der Waals surface area contributed by atoms with E-state index in [1.807, 2.05) is 43.3 Å². The minimum atomic E-state index is -0.325. The van der Waals surface area contributed by atoms with E-state index < -0.39 is 0 Å². The van der Waals surface area contributed by atoms with Gasteiger partial charge in [0.25, 0.3) is 11.8 Å². The van der Waals surface area contributed by atoms with Crippen molar-refractivity contribution in [1.29, 1.82) is 0 Å². The van der Waals surface area contributed by atoms with Crippen LogP contribution in [-0.2, 0) is 4.79 Å². The van der Waals surface area contributed by atoms with Gasteiger partial charge in [0.15, 0.2) is 0 Å². The van der Waals surface area contributed by atoms with E-state index in [4.69, 9.17) is 0 Å². The van der Waals surface area contributed by atoms with Crippen molar-refractivity contribution in [2.45, 2.75) is 6.92 Å². The summed E-state index contributed by atoms with van der Waals surface area (Å²) < 4.78 is 1.54. The van der Waals surface area contributed by atoms with Crippen LogP contribution in [0, 0.1) is 6.92 Å². The van der Waals surface area contributed by atoms with Gasteiger partial charge in [-0.25, -0.2) is 9.66 Å². The molecule has 3 rings (SSSR count). The number of aromatic nitrogens is 2. The molecule has 0 fully saturated rings. The molecule has 1 aromatic heterocycles. The lowest BCUT2D eigenvalue weighted by molar-refractivity contribution is -0.116. The Balaban J connectivity index is 1.60. The van der Waals surface area contributed by atoms with E-state index in [9.17, 15) is 9.59 Å². The van der Waals surface area contributed by atoms with Gasteiger partial charge in [0.05, 0.1) is 17.6 Å². The molecule has 6 heteroatoms. The molecule has 3 aromatic rings. The lowest BCUT2D eigenvalue weighted by Crippen LogP contribution is -2.35. The molecule has 0 spiro atoms. The first kappa shape index (κ1) is 14.8. The second kappa shape index (κ2) is 6.31. The molecule has 0 atom stereocenters. The highest BCUT2D eigenvalue weighted by atomic mass is 16.2. The fourth-order valence-corrected chi connectivity index (χ4v) is 2.27. The van der Waals surface area contributed by atoms with Gasteiger partial charge in [-0.15, -0.1) is 0 Å². The summed E-state index contributed by atoms with van der Waals surface area (Å²) in [6, 6.07) is 14.7. The van der Waals surface area contributed by atoms with Crippen LogP contribution in [0.1, 0.15) is 15.9 Å². The van der Waals surface area contributed by atoms with Gasteiger partial charge in [-0.3, -0.25) is 15.0 Å². The van der Waals surface area contributed by atoms with E-state index >= 15 is 0 Å². The molecule has 0 aliphatic heterocycles. The first-order valence-corrected chi connectivity index (χ1v) is 7.20. The quantitative estimate of drug-likeness (QED) is 0.772. The van der Waals surface area contributed by atoms with E-state index in [1.165, 1.54) is 11.0 Å². The number of hydrogen-bond acceptors (Lipinski definition) is 3. The lowest BCUT2D eigenvalue weighted by atomic mass is 10.1. The molecule has 0 saturated carbocycles. The average Bonchev–Trinajstić information content (AvgIpc) is 2.96. The number of imidazole rings is 1. The second-order valence-electron chi connectivity index (χ2n) is 5.19. The van der Waals surface area contributed by atoms with Gasteiger partial charge in [0.1, 0.15) is 6.33 Å². The van der Waals surface area contributed by atoms with E-state index in [0.717, 1.165) is 16.6 Å². The third kappa shape index (κ3) is 3.37. The Hall–Kier alpha value is -3.15. The van der Waals surface area contributed by atoms with Gasteiger partial charge in [-0.05, 0) is 31.2 Å². The summed E-state index contributed by atoms with van der Waals surface area (Å²) in [5, 5.41) is 2.60. The highest BCUT2D eigenvalue weighted by Gasteiger charge is 2.09. The molecule has 0 aliphatic carbocycles. The summed E-state index contributed by atoms with van der Waals surface area (Å²) in [4.78, 5) is 28.2. The van der Waals surface area contributed by atoms with Crippen molar-refractivity contribution in [3.05, 3.63) is 66.0 Å². The maximum atomic E-state index is 12.0. The minimum absolute atomic E-state index is 0.112. The van der Waals surface area contributed by atoms with Crippen LogP contribution < -0.4 is 10.7 Å². The normalized spacial score (nSPS) is 10.5. The van der Waals surface area contributed by atoms with Crippen molar-refractivity contribution in [2.24, 2.45) is 0 Å². The molecule has 2 aromatic carbocycles. The van der Waals surface area contributed by atoms with Gasteiger partial charge in [-0.2, -0.15) is 0 Å². The average molecular weight is 308 g/mol. The van der Waals surface area contributed by atoms with Crippen LogP contribution in [0.2, 0.25) is 0 Å².